The first-order valence-corrected chi connectivity index (χ1v) is 7.44. The Bertz CT molecular complexity index is 443. The molecular formula is C15H24N4O. The first kappa shape index (κ1) is 14.8. The van der Waals surface area contributed by atoms with Gasteiger partial charge in [-0.15, -0.1) is 0 Å². The van der Waals surface area contributed by atoms with E-state index in [0.717, 1.165) is 31.0 Å². The molecule has 2 N–H and O–H groups in total. The Hall–Kier alpha value is -1.62. The maximum absolute atomic E-state index is 12.0. The Morgan fingerprint density at radius 1 is 1.45 bits per heavy atom. The third kappa shape index (κ3) is 3.93. The minimum absolute atomic E-state index is 0.0150. The van der Waals surface area contributed by atoms with Gasteiger partial charge in [0, 0.05) is 25.3 Å². The fraction of sp³-hybridized carbons (Fsp3) is 0.600. The first-order valence-electron chi connectivity index (χ1n) is 7.44. The summed E-state index contributed by atoms with van der Waals surface area (Å²) in [7, 11) is 0. The van der Waals surface area contributed by atoms with Gasteiger partial charge in [-0.1, -0.05) is 6.92 Å². The molecule has 5 heteroatoms. The van der Waals surface area contributed by atoms with Crippen LogP contribution in [0.3, 0.4) is 0 Å². The molecule has 1 aromatic heterocycles. The minimum Gasteiger partial charge on any atom is -0.355 e. The van der Waals surface area contributed by atoms with E-state index in [9.17, 15) is 4.79 Å². The number of pyridine rings is 1. The van der Waals surface area contributed by atoms with E-state index in [1.165, 1.54) is 12.8 Å². The standard InChI is InChI=1S/C15H24N4O/c1-3-12(2)17-11-14(20)18-13-7-6-8-16-15(13)19-9-4-5-10-19/h6-8,12,17H,3-5,9-11H2,1-2H3,(H,18,20). The third-order valence-corrected chi connectivity index (χ3v) is 3.69. The van der Waals surface area contributed by atoms with Gasteiger partial charge in [-0.2, -0.15) is 0 Å². The molecule has 110 valence electrons. The van der Waals surface area contributed by atoms with Crippen LogP contribution >= 0.6 is 0 Å². The maximum atomic E-state index is 12.0. The van der Waals surface area contributed by atoms with Gasteiger partial charge in [-0.3, -0.25) is 4.79 Å². The Balaban J connectivity index is 1.96. The van der Waals surface area contributed by atoms with Gasteiger partial charge in [0.15, 0.2) is 5.82 Å². The maximum Gasteiger partial charge on any atom is 0.238 e. The van der Waals surface area contributed by atoms with Crippen molar-refractivity contribution in [1.29, 1.82) is 0 Å². The van der Waals surface area contributed by atoms with E-state index in [4.69, 9.17) is 0 Å². The SMILES string of the molecule is CCC(C)NCC(=O)Nc1cccnc1N1CCCC1. The van der Waals surface area contributed by atoms with Gasteiger partial charge in [0.05, 0.1) is 12.2 Å². The minimum atomic E-state index is -0.0150. The highest BCUT2D eigenvalue weighted by Crippen LogP contribution is 2.25. The normalized spacial score (nSPS) is 16.2. The van der Waals surface area contributed by atoms with E-state index in [-0.39, 0.29) is 5.91 Å². The zero-order valence-corrected chi connectivity index (χ0v) is 12.4. The molecule has 1 aliphatic heterocycles. The van der Waals surface area contributed by atoms with Crippen molar-refractivity contribution in [3.63, 3.8) is 0 Å². The highest BCUT2D eigenvalue weighted by Gasteiger charge is 2.17. The zero-order chi connectivity index (χ0) is 14.4. The summed E-state index contributed by atoms with van der Waals surface area (Å²) in [5, 5.41) is 6.16. The molecule has 0 saturated carbocycles. The van der Waals surface area contributed by atoms with Crippen LogP contribution in [0.15, 0.2) is 18.3 Å². The molecule has 2 rings (SSSR count). The van der Waals surface area contributed by atoms with Crippen molar-refractivity contribution in [2.45, 2.75) is 39.2 Å². The van der Waals surface area contributed by atoms with Gasteiger partial charge < -0.3 is 15.5 Å². The van der Waals surface area contributed by atoms with Crippen LogP contribution in [0.25, 0.3) is 0 Å². The molecule has 0 aliphatic carbocycles. The van der Waals surface area contributed by atoms with Crippen LogP contribution in [0.2, 0.25) is 0 Å². The highest BCUT2D eigenvalue weighted by molar-refractivity contribution is 5.95. The van der Waals surface area contributed by atoms with Crippen molar-refractivity contribution in [1.82, 2.24) is 10.3 Å². The second-order valence-electron chi connectivity index (χ2n) is 5.31. The van der Waals surface area contributed by atoms with E-state index in [2.05, 4.69) is 34.4 Å². The number of rotatable bonds is 6. The van der Waals surface area contributed by atoms with E-state index in [1.54, 1.807) is 6.20 Å². The van der Waals surface area contributed by atoms with E-state index < -0.39 is 0 Å². The summed E-state index contributed by atoms with van der Waals surface area (Å²) in [6, 6.07) is 4.13. The fourth-order valence-corrected chi connectivity index (χ4v) is 2.28. The molecule has 1 aliphatic rings. The summed E-state index contributed by atoms with van der Waals surface area (Å²) >= 11 is 0. The van der Waals surface area contributed by atoms with Crippen LogP contribution in [0.5, 0.6) is 0 Å². The summed E-state index contributed by atoms with van der Waals surface area (Å²) in [5.74, 6) is 0.876. The van der Waals surface area contributed by atoms with Crippen LogP contribution in [-0.4, -0.2) is 36.6 Å². The average molecular weight is 276 g/mol. The average Bonchev–Trinajstić information content (AvgIpc) is 2.99. The van der Waals surface area contributed by atoms with Gasteiger partial charge >= 0.3 is 0 Å². The summed E-state index contributed by atoms with van der Waals surface area (Å²) in [5.41, 5.74) is 0.811. The molecule has 1 amide bonds. The molecule has 20 heavy (non-hydrogen) atoms. The Kier molecular flexibility index (Phi) is 5.35. The van der Waals surface area contributed by atoms with Crippen LogP contribution < -0.4 is 15.5 Å². The molecule has 0 bridgehead atoms. The van der Waals surface area contributed by atoms with E-state index >= 15 is 0 Å². The lowest BCUT2D eigenvalue weighted by molar-refractivity contribution is -0.115. The van der Waals surface area contributed by atoms with Gasteiger partial charge in [-0.25, -0.2) is 4.98 Å². The van der Waals surface area contributed by atoms with E-state index in [1.807, 2.05) is 12.1 Å². The third-order valence-electron chi connectivity index (χ3n) is 3.69. The molecule has 1 atom stereocenters. The molecular weight excluding hydrogens is 252 g/mol. The fourth-order valence-electron chi connectivity index (χ4n) is 2.28. The second kappa shape index (κ2) is 7.24. The summed E-state index contributed by atoms with van der Waals surface area (Å²) in [4.78, 5) is 18.6. The quantitative estimate of drug-likeness (QED) is 0.834. The number of hydrogen-bond acceptors (Lipinski definition) is 4. The number of anilines is 2. The van der Waals surface area contributed by atoms with Gasteiger partial charge in [-0.05, 0) is 38.3 Å². The number of carbonyl (C=O) groups is 1. The molecule has 0 spiro atoms. The number of aromatic nitrogens is 1. The van der Waals surface area contributed by atoms with Crippen LogP contribution in [0, 0.1) is 0 Å². The topological polar surface area (TPSA) is 57.3 Å². The van der Waals surface area contributed by atoms with Crippen molar-refractivity contribution in [2.24, 2.45) is 0 Å². The van der Waals surface area contributed by atoms with Crippen LogP contribution in [-0.2, 0) is 4.79 Å². The number of carbonyl (C=O) groups excluding carboxylic acids is 1. The number of nitrogens with zero attached hydrogens (tertiary/aromatic N) is 2. The second-order valence-corrected chi connectivity index (χ2v) is 5.31. The molecule has 2 heterocycles. The highest BCUT2D eigenvalue weighted by atomic mass is 16.1. The predicted molar refractivity (Wildman–Crippen MR) is 82.1 cm³/mol. The smallest absolute Gasteiger partial charge is 0.238 e. The molecule has 1 saturated heterocycles. The number of amides is 1. The van der Waals surface area contributed by atoms with Crippen molar-refractivity contribution in [2.75, 3.05) is 29.9 Å². The lowest BCUT2D eigenvalue weighted by atomic mass is 10.2. The van der Waals surface area contributed by atoms with Gasteiger partial charge in [0.1, 0.15) is 0 Å². The van der Waals surface area contributed by atoms with Crippen molar-refractivity contribution in [3.05, 3.63) is 18.3 Å². The Labute approximate surface area is 120 Å². The summed E-state index contributed by atoms with van der Waals surface area (Å²) < 4.78 is 0. The van der Waals surface area contributed by atoms with Crippen molar-refractivity contribution >= 4 is 17.4 Å². The Morgan fingerprint density at radius 2 is 2.20 bits per heavy atom. The van der Waals surface area contributed by atoms with Gasteiger partial charge in [0.25, 0.3) is 0 Å². The lowest BCUT2D eigenvalue weighted by Crippen LogP contribution is -2.34. The van der Waals surface area contributed by atoms with Gasteiger partial charge in [0.2, 0.25) is 5.91 Å². The summed E-state index contributed by atoms with van der Waals surface area (Å²) in [6.07, 6.45) is 5.18. The Morgan fingerprint density at radius 3 is 2.90 bits per heavy atom. The largest absolute Gasteiger partial charge is 0.355 e. The summed E-state index contributed by atoms with van der Waals surface area (Å²) in [6.45, 7) is 6.55. The van der Waals surface area contributed by atoms with Crippen molar-refractivity contribution < 1.29 is 4.79 Å². The molecule has 5 nitrogen and oxygen atoms in total. The van der Waals surface area contributed by atoms with Crippen LogP contribution in [0.1, 0.15) is 33.1 Å². The molecule has 0 aromatic carbocycles. The molecule has 0 radical (unpaired) electrons. The van der Waals surface area contributed by atoms with Crippen molar-refractivity contribution in [3.8, 4) is 0 Å². The predicted octanol–water partition coefficient (Wildman–Crippen LogP) is 2.01. The first-order chi connectivity index (χ1) is 9.70. The molecule has 1 aromatic rings. The number of nitrogens with one attached hydrogen (secondary N) is 2. The number of hydrogen-bond donors (Lipinski definition) is 2. The monoisotopic (exact) mass is 276 g/mol. The van der Waals surface area contributed by atoms with Crippen LogP contribution in [0.4, 0.5) is 11.5 Å². The van der Waals surface area contributed by atoms with E-state index in [0.29, 0.717) is 12.6 Å². The molecule has 1 fully saturated rings. The molecule has 1 unspecified atom stereocenters. The zero-order valence-electron chi connectivity index (χ0n) is 12.4. The lowest BCUT2D eigenvalue weighted by Gasteiger charge is -2.20.